The minimum absolute atomic E-state index is 0.0555. The fraction of sp³-hybridized carbons (Fsp3) is 0.571. The smallest absolute Gasteiger partial charge is 0.257 e. The Balaban J connectivity index is 1.76. The topological polar surface area (TPSA) is 62.5 Å². The lowest BCUT2D eigenvalue weighted by molar-refractivity contribution is 0.0372. The molecule has 0 aliphatic carbocycles. The van der Waals surface area contributed by atoms with Crippen molar-refractivity contribution in [3.63, 3.8) is 0 Å². The van der Waals surface area contributed by atoms with Crippen LogP contribution in [0, 0.1) is 0 Å². The Bertz CT molecular complexity index is 522. The molecule has 0 aromatic carbocycles. The third-order valence-electron chi connectivity index (χ3n) is 4.22. The van der Waals surface area contributed by atoms with Crippen molar-refractivity contribution in [2.24, 2.45) is 0 Å². The molecule has 2 aliphatic rings. The first-order valence-electron chi connectivity index (χ1n) is 7.09. The fourth-order valence-corrected chi connectivity index (χ4v) is 3.31. The van der Waals surface area contributed by atoms with Gasteiger partial charge in [-0.05, 0) is 25.5 Å². The second kappa shape index (κ2) is 5.58. The van der Waals surface area contributed by atoms with E-state index in [2.05, 4.69) is 9.88 Å². The zero-order valence-corrected chi connectivity index (χ0v) is 12.1. The summed E-state index contributed by atoms with van der Waals surface area (Å²) in [5.41, 5.74) is 6.58. The number of rotatable bonds is 1. The number of fused-ring (bicyclic) bond motifs is 1. The highest BCUT2D eigenvalue weighted by Gasteiger charge is 2.32. The van der Waals surface area contributed by atoms with Crippen LogP contribution in [0.2, 0.25) is 5.15 Å². The van der Waals surface area contributed by atoms with E-state index in [1.165, 1.54) is 25.5 Å². The van der Waals surface area contributed by atoms with E-state index in [0.29, 0.717) is 17.3 Å². The van der Waals surface area contributed by atoms with E-state index >= 15 is 0 Å². The van der Waals surface area contributed by atoms with Crippen LogP contribution in [-0.2, 0) is 0 Å². The average molecular weight is 295 g/mol. The summed E-state index contributed by atoms with van der Waals surface area (Å²) in [6.07, 6.45) is 5.17. The lowest BCUT2D eigenvalue weighted by atomic mass is 9.99. The largest absolute Gasteiger partial charge is 0.397 e. The van der Waals surface area contributed by atoms with Crippen molar-refractivity contribution in [2.45, 2.75) is 25.3 Å². The van der Waals surface area contributed by atoms with E-state index in [4.69, 9.17) is 17.3 Å². The van der Waals surface area contributed by atoms with E-state index < -0.39 is 0 Å². The molecule has 3 heterocycles. The molecule has 1 aromatic heterocycles. The number of carbonyl (C=O) groups excluding carboxylic acids is 1. The van der Waals surface area contributed by atoms with Gasteiger partial charge < -0.3 is 10.6 Å². The van der Waals surface area contributed by atoms with Gasteiger partial charge >= 0.3 is 0 Å². The number of nitrogens with zero attached hydrogens (tertiary/aromatic N) is 3. The molecule has 1 unspecified atom stereocenters. The summed E-state index contributed by atoms with van der Waals surface area (Å²) >= 11 is 6.02. The number of halogens is 1. The second-order valence-electron chi connectivity index (χ2n) is 5.54. The number of piperazine rings is 1. The van der Waals surface area contributed by atoms with Crippen LogP contribution in [0.5, 0.6) is 0 Å². The number of anilines is 1. The molecule has 1 atom stereocenters. The van der Waals surface area contributed by atoms with Crippen molar-refractivity contribution >= 4 is 23.2 Å². The molecule has 0 spiro atoms. The van der Waals surface area contributed by atoms with Crippen molar-refractivity contribution in [1.82, 2.24) is 14.8 Å². The SMILES string of the molecule is Nc1cnc(Cl)c(C(=O)N2CCN3CCCCC3C2)c1. The van der Waals surface area contributed by atoms with Gasteiger partial charge in [0.25, 0.3) is 5.91 Å². The van der Waals surface area contributed by atoms with E-state index in [-0.39, 0.29) is 11.1 Å². The van der Waals surface area contributed by atoms with Crippen molar-refractivity contribution < 1.29 is 4.79 Å². The Labute approximate surface area is 123 Å². The van der Waals surface area contributed by atoms with Gasteiger partial charge in [-0.25, -0.2) is 4.98 Å². The maximum atomic E-state index is 12.6. The molecule has 5 nitrogen and oxygen atoms in total. The number of piperidine rings is 1. The Hall–Kier alpha value is -1.33. The molecule has 20 heavy (non-hydrogen) atoms. The van der Waals surface area contributed by atoms with Crippen LogP contribution in [0.15, 0.2) is 12.3 Å². The summed E-state index contributed by atoms with van der Waals surface area (Å²) < 4.78 is 0. The van der Waals surface area contributed by atoms with Gasteiger partial charge in [0.05, 0.1) is 17.4 Å². The van der Waals surface area contributed by atoms with E-state index in [0.717, 1.165) is 26.2 Å². The van der Waals surface area contributed by atoms with Gasteiger partial charge in [0, 0.05) is 25.7 Å². The summed E-state index contributed by atoms with van der Waals surface area (Å²) in [6, 6.07) is 2.11. The van der Waals surface area contributed by atoms with Gasteiger partial charge in [0.2, 0.25) is 0 Å². The van der Waals surface area contributed by atoms with E-state index in [9.17, 15) is 4.79 Å². The van der Waals surface area contributed by atoms with Crippen molar-refractivity contribution in [3.8, 4) is 0 Å². The molecule has 2 fully saturated rings. The monoisotopic (exact) mass is 294 g/mol. The minimum atomic E-state index is -0.0555. The minimum Gasteiger partial charge on any atom is -0.397 e. The first-order chi connectivity index (χ1) is 9.65. The summed E-state index contributed by atoms with van der Waals surface area (Å²) in [6.45, 7) is 3.64. The zero-order chi connectivity index (χ0) is 14.1. The quantitative estimate of drug-likeness (QED) is 0.800. The number of hydrogen-bond acceptors (Lipinski definition) is 4. The number of nitrogens with two attached hydrogens (primary N) is 1. The van der Waals surface area contributed by atoms with Crippen LogP contribution in [0.1, 0.15) is 29.6 Å². The summed E-state index contributed by atoms with van der Waals surface area (Å²) in [5.74, 6) is -0.0555. The highest BCUT2D eigenvalue weighted by atomic mass is 35.5. The Morgan fingerprint density at radius 1 is 1.35 bits per heavy atom. The molecule has 0 bridgehead atoms. The number of aromatic nitrogens is 1. The second-order valence-corrected chi connectivity index (χ2v) is 5.90. The van der Waals surface area contributed by atoms with Gasteiger partial charge in [0.15, 0.2) is 0 Å². The molecule has 108 valence electrons. The van der Waals surface area contributed by atoms with Crippen molar-refractivity contribution in [2.75, 3.05) is 31.9 Å². The molecule has 1 aromatic rings. The van der Waals surface area contributed by atoms with Crippen LogP contribution in [0.25, 0.3) is 0 Å². The standard InChI is InChI=1S/C14H19ClN4O/c15-13-12(7-10(16)8-17-13)14(20)19-6-5-18-4-2-1-3-11(18)9-19/h7-8,11H,1-6,9,16H2. The highest BCUT2D eigenvalue weighted by molar-refractivity contribution is 6.32. The highest BCUT2D eigenvalue weighted by Crippen LogP contribution is 2.24. The maximum absolute atomic E-state index is 12.6. The van der Waals surface area contributed by atoms with Crippen molar-refractivity contribution in [3.05, 3.63) is 23.0 Å². The summed E-state index contributed by atoms with van der Waals surface area (Å²) in [4.78, 5) is 20.9. The third-order valence-corrected chi connectivity index (χ3v) is 4.52. The number of hydrogen-bond donors (Lipinski definition) is 1. The van der Waals surface area contributed by atoms with Gasteiger partial charge in [-0.3, -0.25) is 9.69 Å². The number of nitrogen functional groups attached to an aromatic ring is 1. The molecule has 2 N–H and O–H groups in total. The van der Waals surface area contributed by atoms with Gasteiger partial charge in [-0.1, -0.05) is 18.0 Å². The third kappa shape index (κ3) is 2.60. The molecule has 2 saturated heterocycles. The van der Waals surface area contributed by atoms with Crippen molar-refractivity contribution in [1.29, 1.82) is 0 Å². The Morgan fingerprint density at radius 3 is 3.05 bits per heavy atom. The first kappa shape index (κ1) is 13.6. The van der Waals surface area contributed by atoms with Crippen LogP contribution >= 0.6 is 11.6 Å². The van der Waals surface area contributed by atoms with Crippen LogP contribution in [0.3, 0.4) is 0 Å². The van der Waals surface area contributed by atoms with Gasteiger partial charge in [-0.15, -0.1) is 0 Å². The van der Waals surface area contributed by atoms with Gasteiger partial charge in [-0.2, -0.15) is 0 Å². The first-order valence-corrected chi connectivity index (χ1v) is 7.47. The van der Waals surface area contributed by atoms with Crippen LogP contribution in [0.4, 0.5) is 5.69 Å². The maximum Gasteiger partial charge on any atom is 0.257 e. The number of amides is 1. The zero-order valence-electron chi connectivity index (χ0n) is 11.4. The number of pyridine rings is 1. The molecule has 2 aliphatic heterocycles. The van der Waals surface area contributed by atoms with Crippen LogP contribution < -0.4 is 5.73 Å². The molecule has 3 rings (SSSR count). The lowest BCUT2D eigenvalue weighted by Gasteiger charge is -2.44. The molecular formula is C14H19ClN4O. The Kier molecular flexibility index (Phi) is 3.81. The van der Waals surface area contributed by atoms with E-state index in [1.807, 2.05) is 4.90 Å². The normalized spacial score (nSPS) is 23.4. The predicted octanol–water partition coefficient (Wildman–Crippen LogP) is 1.63. The molecule has 6 heteroatoms. The lowest BCUT2D eigenvalue weighted by Crippen LogP contribution is -2.56. The number of carbonyl (C=O) groups is 1. The summed E-state index contributed by atoms with van der Waals surface area (Å²) in [5, 5.41) is 0.232. The van der Waals surface area contributed by atoms with E-state index in [1.54, 1.807) is 6.07 Å². The van der Waals surface area contributed by atoms with Crippen LogP contribution in [-0.4, -0.2) is 52.9 Å². The molecule has 0 saturated carbocycles. The van der Waals surface area contributed by atoms with Gasteiger partial charge in [0.1, 0.15) is 5.15 Å². The average Bonchev–Trinajstić information content (AvgIpc) is 2.48. The fourth-order valence-electron chi connectivity index (χ4n) is 3.12. The molecule has 1 amide bonds. The molecule has 0 radical (unpaired) electrons. The predicted molar refractivity (Wildman–Crippen MR) is 78.8 cm³/mol. The Morgan fingerprint density at radius 2 is 2.20 bits per heavy atom. The summed E-state index contributed by atoms with van der Waals surface area (Å²) in [7, 11) is 0. The molecular weight excluding hydrogens is 276 g/mol.